The van der Waals surface area contributed by atoms with Gasteiger partial charge in [-0.3, -0.25) is 0 Å². The Morgan fingerprint density at radius 3 is 2.40 bits per heavy atom. The molecule has 1 unspecified atom stereocenters. The van der Waals surface area contributed by atoms with Crippen LogP contribution in [0.2, 0.25) is 0 Å². The molecule has 6 heteroatoms. The molecule has 0 amide bonds. The first-order valence-electron chi connectivity index (χ1n) is 4.60. The molecule has 0 saturated carbocycles. The quantitative estimate of drug-likeness (QED) is 0.798. The number of nitrogens with two attached hydrogens (primary N) is 1. The monoisotopic (exact) mass is 229 g/mol. The summed E-state index contributed by atoms with van der Waals surface area (Å²) in [5, 5.41) is 0. The Bertz CT molecular complexity index is 413. The molecule has 0 spiro atoms. The molecule has 1 aromatic heterocycles. The van der Waals surface area contributed by atoms with Crippen LogP contribution in [0, 0.1) is 6.92 Å². The molecule has 0 aliphatic rings. The van der Waals surface area contributed by atoms with E-state index in [0.29, 0.717) is 12.2 Å². The summed E-state index contributed by atoms with van der Waals surface area (Å²) >= 11 is 0. The van der Waals surface area contributed by atoms with Crippen molar-refractivity contribution >= 4 is 9.84 Å². The van der Waals surface area contributed by atoms with Gasteiger partial charge in [0.2, 0.25) is 0 Å². The van der Waals surface area contributed by atoms with E-state index in [4.69, 9.17) is 5.73 Å². The summed E-state index contributed by atoms with van der Waals surface area (Å²) in [5.74, 6) is 0.551. The number of aromatic nitrogens is 2. The van der Waals surface area contributed by atoms with Crippen LogP contribution in [0.15, 0.2) is 12.4 Å². The Morgan fingerprint density at radius 2 is 1.93 bits per heavy atom. The fourth-order valence-electron chi connectivity index (χ4n) is 1.06. The molecule has 0 radical (unpaired) electrons. The van der Waals surface area contributed by atoms with Crippen LogP contribution in [0.3, 0.4) is 0 Å². The average Bonchev–Trinajstić information content (AvgIpc) is 2.14. The maximum absolute atomic E-state index is 10.9. The van der Waals surface area contributed by atoms with E-state index in [2.05, 4.69) is 9.97 Å². The van der Waals surface area contributed by atoms with Gasteiger partial charge >= 0.3 is 0 Å². The van der Waals surface area contributed by atoms with Gasteiger partial charge in [-0.1, -0.05) is 0 Å². The highest BCUT2D eigenvalue weighted by molar-refractivity contribution is 7.90. The normalized spacial score (nSPS) is 13.8. The lowest BCUT2D eigenvalue weighted by Gasteiger charge is -2.08. The molecule has 2 N–H and O–H groups in total. The maximum atomic E-state index is 10.9. The molecule has 15 heavy (non-hydrogen) atoms. The number of hydrogen-bond acceptors (Lipinski definition) is 5. The van der Waals surface area contributed by atoms with Gasteiger partial charge in [-0.25, -0.2) is 18.4 Å². The van der Waals surface area contributed by atoms with Crippen LogP contribution in [0.25, 0.3) is 0 Å². The zero-order valence-corrected chi connectivity index (χ0v) is 9.66. The molecule has 0 aliphatic carbocycles. The lowest BCUT2D eigenvalue weighted by atomic mass is 10.2. The average molecular weight is 229 g/mol. The molecule has 84 valence electrons. The van der Waals surface area contributed by atoms with Crippen molar-refractivity contribution in [3.63, 3.8) is 0 Å². The van der Waals surface area contributed by atoms with Crippen LogP contribution in [-0.2, 0) is 9.84 Å². The second-order valence-electron chi connectivity index (χ2n) is 3.64. The number of nitrogens with zero attached hydrogens (tertiary/aromatic N) is 2. The third-order valence-corrected chi connectivity index (χ3v) is 2.91. The van der Waals surface area contributed by atoms with Gasteiger partial charge in [-0.15, -0.1) is 0 Å². The van der Waals surface area contributed by atoms with Crippen molar-refractivity contribution in [3.8, 4) is 0 Å². The number of rotatable bonds is 4. The molecule has 1 aromatic rings. The van der Waals surface area contributed by atoms with Gasteiger partial charge in [-0.05, 0) is 18.9 Å². The largest absolute Gasteiger partial charge is 0.321 e. The summed E-state index contributed by atoms with van der Waals surface area (Å²) in [6, 6.07) is -0.416. The van der Waals surface area contributed by atoms with Crippen LogP contribution in [-0.4, -0.2) is 30.4 Å². The molecule has 0 aliphatic heterocycles. The molecule has 5 nitrogen and oxygen atoms in total. The highest BCUT2D eigenvalue weighted by atomic mass is 32.2. The number of hydrogen-bond donors (Lipinski definition) is 1. The summed E-state index contributed by atoms with van der Waals surface area (Å²) < 4.78 is 21.8. The van der Waals surface area contributed by atoms with Gasteiger partial charge in [-0.2, -0.15) is 0 Å². The van der Waals surface area contributed by atoms with Crippen molar-refractivity contribution in [1.82, 2.24) is 9.97 Å². The minimum absolute atomic E-state index is 0.0609. The third-order valence-electron chi connectivity index (χ3n) is 1.93. The predicted molar refractivity (Wildman–Crippen MR) is 58.0 cm³/mol. The van der Waals surface area contributed by atoms with Crippen molar-refractivity contribution in [2.24, 2.45) is 5.73 Å². The van der Waals surface area contributed by atoms with Crippen molar-refractivity contribution < 1.29 is 8.42 Å². The lowest BCUT2D eigenvalue weighted by Crippen LogP contribution is -2.18. The Labute approximate surface area is 89.7 Å². The van der Waals surface area contributed by atoms with Crippen LogP contribution in [0.5, 0.6) is 0 Å². The molecule has 1 heterocycles. The SMILES string of the molecule is Cc1cnc(C(N)CCS(C)(=O)=O)nc1. The van der Waals surface area contributed by atoms with Crippen molar-refractivity contribution in [3.05, 3.63) is 23.8 Å². The molecular weight excluding hydrogens is 214 g/mol. The summed E-state index contributed by atoms with van der Waals surface area (Å²) in [4.78, 5) is 8.10. The van der Waals surface area contributed by atoms with Gasteiger partial charge in [0.25, 0.3) is 0 Å². The molecule has 1 rings (SSSR count). The van der Waals surface area contributed by atoms with E-state index in [0.717, 1.165) is 5.56 Å². The van der Waals surface area contributed by atoms with Gasteiger partial charge < -0.3 is 5.73 Å². The van der Waals surface area contributed by atoms with Crippen LogP contribution < -0.4 is 5.73 Å². The standard InChI is InChI=1S/C9H15N3O2S/c1-7-5-11-9(12-6-7)8(10)3-4-15(2,13)14/h5-6,8H,3-4,10H2,1-2H3. The summed E-state index contributed by atoms with van der Waals surface area (Å²) in [6.45, 7) is 1.88. The van der Waals surface area contributed by atoms with Crippen LogP contribution in [0.4, 0.5) is 0 Å². The van der Waals surface area contributed by atoms with E-state index >= 15 is 0 Å². The molecule has 0 aromatic carbocycles. The Balaban J connectivity index is 2.61. The Hall–Kier alpha value is -1.01. The highest BCUT2D eigenvalue weighted by Crippen LogP contribution is 2.09. The maximum Gasteiger partial charge on any atom is 0.147 e. The van der Waals surface area contributed by atoms with Gasteiger partial charge in [0.15, 0.2) is 0 Å². The van der Waals surface area contributed by atoms with Crippen molar-refractivity contribution in [2.75, 3.05) is 12.0 Å². The minimum Gasteiger partial charge on any atom is -0.321 e. The molecule has 1 atom stereocenters. The molecular formula is C9H15N3O2S. The third kappa shape index (κ3) is 4.35. The number of aryl methyl sites for hydroxylation is 1. The Kier molecular flexibility index (Phi) is 3.76. The summed E-state index contributed by atoms with van der Waals surface area (Å²) in [5.41, 5.74) is 6.72. The second kappa shape index (κ2) is 4.67. The Morgan fingerprint density at radius 1 is 1.40 bits per heavy atom. The van der Waals surface area contributed by atoms with E-state index in [9.17, 15) is 8.42 Å². The topological polar surface area (TPSA) is 85.9 Å². The smallest absolute Gasteiger partial charge is 0.147 e. The predicted octanol–water partition coefficient (Wildman–Crippen LogP) is 0.220. The zero-order valence-electron chi connectivity index (χ0n) is 8.84. The molecule has 0 fully saturated rings. The second-order valence-corrected chi connectivity index (χ2v) is 5.90. The van der Waals surface area contributed by atoms with E-state index < -0.39 is 15.9 Å². The van der Waals surface area contributed by atoms with E-state index in [-0.39, 0.29) is 5.75 Å². The minimum atomic E-state index is -2.97. The van der Waals surface area contributed by atoms with Crippen molar-refractivity contribution in [1.29, 1.82) is 0 Å². The van der Waals surface area contributed by atoms with Gasteiger partial charge in [0, 0.05) is 18.6 Å². The first-order chi connectivity index (χ1) is 6.88. The lowest BCUT2D eigenvalue weighted by molar-refractivity contribution is 0.586. The molecule has 0 saturated heterocycles. The fraction of sp³-hybridized carbons (Fsp3) is 0.556. The van der Waals surface area contributed by atoms with Crippen LogP contribution in [0.1, 0.15) is 23.9 Å². The summed E-state index contributed by atoms with van der Waals surface area (Å²) in [7, 11) is -2.97. The first-order valence-corrected chi connectivity index (χ1v) is 6.66. The summed E-state index contributed by atoms with van der Waals surface area (Å²) in [6.07, 6.45) is 4.88. The van der Waals surface area contributed by atoms with E-state index in [1.807, 2.05) is 6.92 Å². The first kappa shape index (κ1) is 12.1. The highest BCUT2D eigenvalue weighted by Gasteiger charge is 2.12. The van der Waals surface area contributed by atoms with Crippen LogP contribution >= 0.6 is 0 Å². The van der Waals surface area contributed by atoms with Gasteiger partial charge in [0.1, 0.15) is 15.7 Å². The van der Waals surface area contributed by atoms with Crippen molar-refractivity contribution in [2.45, 2.75) is 19.4 Å². The van der Waals surface area contributed by atoms with E-state index in [1.54, 1.807) is 12.4 Å². The fourth-order valence-corrected chi connectivity index (χ4v) is 1.75. The van der Waals surface area contributed by atoms with Gasteiger partial charge in [0.05, 0.1) is 11.8 Å². The molecule has 0 bridgehead atoms. The van der Waals surface area contributed by atoms with E-state index in [1.165, 1.54) is 6.26 Å². The number of sulfone groups is 1. The zero-order chi connectivity index (χ0) is 11.5.